The molecule has 2 aromatic rings. The van der Waals surface area contributed by atoms with Crippen LogP contribution in [0.2, 0.25) is 0 Å². The lowest BCUT2D eigenvalue weighted by molar-refractivity contribution is -0.255. The van der Waals surface area contributed by atoms with Crippen molar-refractivity contribution in [3.05, 3.63) is 59.7 Å². The Morgan fingerprint density at radius 2 is 1.91 bits per heavy atom. The van der Waals surface area contributed by atoms with Gasteiger partial charge < -0.3 is 14.6 Å². The second-order valence-corrected chi connectivity index (χ2v) is 6.24. The average Bonchev–Trinajstić information content (AvgIpc) is 2.47. The normalized spacial score (nSPS) is 11.1. The van der Waals surface area contributed by atoms with Crippen LogP contribution in [0, 0.1) is 0 Å². The topological polar surface area (TPSA) is 95.5 Å². The first-order chi connectivity index (χ1) is 10.4. The third-order valence-electron chi connectivity index (χ3n) is 2.87. The van der Waals surface area contributed by atoms with Gasteiger partial charge in [-0.05, 0) is 35.4 Å². The van der Waals surface area contributed by atoms with Crippen molar-refractivity contribution in [1.82, 2.24) is 0 Å². The molecule has 6 nitrogen and oxygen atoms in total. The van der Waals surface area contributed by atoms with E-state index in [9.17, 15) is 18.3 Å². The van der Waals surface area contributed by atoms with E-state index in [1.807, 2.05) is 0 Å². The summed E-state index contributed by atoms with van der Waals surface area (Å²) >= 11 is 0. The van der Waals surface area contributed by atoms with Crippen molar-refractivity contribution in [2.24, 2.45) is 0 Å². The van der Waals surface area contributed by atoms with Gasteiger partial charge in [-0.1, -0.05) is 24.3 Å². The maximum atomic E-state index is 12.3. The van der Waals surface area contributed by atoms with E-state index in [0.29, 0.717) is 12.3 Å². The number of nitrogens with one attached hydrogen (secondary N) is 1. The predicted octanol–water partition coefficient (Wildman–Crippen LogP) is 0.997. The van der Waals surface area contributed by atoms with Crippen LogP contribution < -0.4 is 9.83 Å². The van der Waals surface area contributed by atoms with Crippen molar-refractivity contribution in [2.45, 2.75) is 11.5 Å². The number of aromatic carboxylic acids is 1. The van der Waals surface area contributed by atoms with Gasteiger partial charge >= 0.3 is 0 Å². The molecule has 0 unspecified atom stereocenters. The summed E-state index contributed by atoms with van der Waals surface area (Å²) in [5, 5.41) is 10.8. The smallest absolute Gasteiger partial charge is 0.261 e. The summed E-state index contributed by atoms with van der Waals surface area (Å²) in [5.74, 6) is -1.43. The predicted molar refractivity (Wildman–Crippen MR) is 78.7 cm³/mol. The van der Waals surface area contributed by atoms with Crippen LogP contribution in [0.3, 0.4) is 0 Å². The lowest BCUT2D eigenvalue weighted by atomic mass is 10.2. The molecule has 0 aromatic heterocycles. The number of hydrogen-bond donors (Lipinski definition) is 1. The molecule has 2 aromatic carbocycles. The highest BCUT2D eigenvalue weighted by atomic mass is 32.2. The molecule has 116 valence electrons. The van der Waals surface area contributed by atoms with Gasteiger partial charge in [0.15, 0.2) is 0 Å². The second kappa shape index (κ2) is 6.59. The van der Waals surface area contributed by atoms with Gasteiger partial charge in [0, 0.05) is 12.8 Å². The highest BCUT2D eigenvalue weighted by Crippen LogP contribution is 2.18. The van der Waals surface area contributed by atoms with Gasteiger partial charge in [0.05, 0.1) is 17.5 Å². The molecular formula is C15H14NO5S-. The molecular weight excluding hydrogens is 306 g/mol. The van der Waals surface area contributed by atoms with Crippen LogP contribution in [0.1, 0.15) is 15.9 Å². The first-order valence-corrected chi connectivity index (χ1v) is 7.83. The number of carboxylic acid groups (broad SMARTS) is 1. The van der Waals surface area contributed by atoms with Crippen molar-refractivity contribution >= 4 is 21.7 Å². The minimum Gasteiger partial charge on any atom is -0.545 e. The van der Waals surface area contributed by atoms with Crippen molar-refractivity contribution < 1.29 is 23.1 Å². The van der Waals surface area contributed by atoms with Gasteiger partial charge in [-0.3, -0.25) is 4.72 Å². The summed E-state index contributed by atoms with van der Waals surface area (Å²) in [6, 6.07) is 11.7. The van der Waals surface area contributed by atoms with Crippen molar-refractivity contribution in [2.75, 3.05) is 11.8 Å². The van der Waals surface area contributed by atoms with Crippen LogP contribution in [0.5, 0.6) is 0 Å². The Morgan fingerprint density at radius 1 is 1.18 bits per heavy atom. The van der Waals surface area contributed by atoms with E-state index in [1.54, 1.807) is 31.4 Å². The monoisotopic (exact) mass is 320 g/mol. The molecule has 1 N–H and O–H groups in total. The van der Waals surface area contributed by atoms with Crippen LogP contribution in [-0.2, 0) is 21.4 Å². The first-order valence-electron chi connectivity index (χ1n) is 6.34. The number of anilines is 1. The Balaban J connectivity index is 2.29. The van der Waals surface area contributed by atoms with Crippen LogP contribution in [-0.4, -0.2) is 21.5 Å². The number of carboxylic acids is 1. The molecule has 0 saturated carbocycles. The van der Waals surface area contributed by atoms with E-state index < -0.39 is 16.0 Å². The molecule has 7 heteroatoms. The summed E-state index contributed by atoms with van der Waals surface area (Å²) in [5.41, 5.74) is 0.982. The second-order valence-electron chi connectivity index (χ2n) is 4.55. The van der Waals surface area contributed by atoms with Gasteiger partial charge in [0.2, 0.25) is 0 Å². The molecule has 2 rings (SSSR count). The zero-order chi connectivity index (χ0) is 16.2. The fraction of sp³-hybridized carbons (Fsp3) is 0.133. The number of benzene rings is 2. The number of carbonyl (C=O) groups excluding carboxylic acids is 1. The van der Waals surface area contributed by atoms with E-state index in [4.69, 9.17) is 4.74 Å². The maximum Gasteiger partial charge on any atom is 0.261 e. The average molecular weight is 320 g/mol. The fourth-order valence-electron chi connectivity index (χ4n) is 1.90. The number of hydrogen-bond acceptors (Lipinski definition) is 5. The zero-order valence-electron chi connectivity index (χ0n) is 11.8. The van der Waals surface area contributed by atoms with Gasteiger partial charge in [-0.15, -0.1) is 0 Å². The van der Waals surface area contributed by atoms with Crippen LogP contribution in [0.25, 0.3) is 0 Å². The molecule has 0 aliphatic heterocycles. The van der Waals surface area contributed by atoms with Crippen molar-refractivity contribution in [1.29, 1.82) is 0 Å². The molecule has 0 fully saturated rings. The van der Waals surface area contributed by atoms with Crippen LogP contribution >= 0.6 is 0 Å². The summed E-state index contributed by atoms with van der Waals surface area (Å²) in [6.07, 6.45) is 0. The molecule has 0 atom stereocenters. The summed E-state index contributed by atoms with van der Waals surface area (Å²) < 4.78 is 32.0. The molecule has 0 spiro atoms. The maximum absolute atomic E-state index is 12.3. The van der Waals surface area contributed by atoms with E-state index in [0.717, 1.165) is 11.6 Å². The molecule has 0 saturated heterocycles. The van der Waals surface area contributed by atoms with Gasteiger partial charge in [0.25, 0.3) is 10.0 Å². The van der Waals surface area contributed by atoms with E-state index in [2.05, 4.69) is 4.72 Å². The quantitative estimate of drug-likeness (QED) is 0.856. The number of carbonyl (C=O) groups is 1. The SMILES string of the molecule is COCc1cccc(NS(=O)(=O)c2cccc(C(=O)[O-])c2)c1. The van der Waals surface area contributed by atoms with Gasteiger partial charge in [-0.25, -0.2) is 8.42 Å². The number of ether oxygens (including phenoxy) is 1. The Hall–Kier alpha value is -2.38. The van der Waals surface area contributed by atoms with E-state index in [1.165, 1.54) is 18.2 Å². The summed E-state index contributed by atoms with van der Waals surface area (Å²) in [6.45, 7) is 0.357. The lowest BCUT2D eigenvalue weighted by Crippen LogP contribution is -2.23. The Kier molecular flexibility index (Phi) is 4.79. The van der Waals surface area contributed by atoms with Crippen molar-refractivity contribution in [3.8, 4) is 0 Å². The van der Waals surface area contributed by atoms with E-state index >= 15 is 0 Å². The van der Waals surface area contributed by atoms with E-state index in [-0.39, 0.29) is 10.5 Å². The summed E-state index contributed by atoms with van der Waals surface area (Å²) in [7, 11) is -2.34. The standard InChI is InChI=1S/C15H15NO5S/c1-21-10-11-4-2-6-13(8-11)16-22(19,20)14-7-3-5-12(9-14)15(17)18/h2-9,16H,10H2,1H3,(H,17,18)/p-1. The lowest BCUT2D eigenvalue weighted by Gasteiger charge is -2.11. The molecule has 0 aliphatic carbocycles. The Morgan fingerprint density at radius 3 is 2.59 bits per heavy atom. The highest BCUT2D eigenvalue weighted by molar-refractivity contribution is 7.92. The van der Waals surface area contributed by atoms with Gasteiger partial charge in [0.1, 0.15) is 0 Å². The number of methoxy groups -OCH3 is 1. The zero-order valence-corrected chi connectivity index (χ0v) is 12.6. The minimum atomic E-state index is -3.88. The number of rotatable bonds is 6. The third kappa shape index (κ3) is 3.84. The van der Waals surface area contributed by atoms with Crippen molar-refractivity contribution in [3.63, 3.8) is 0 Å². The highest BCUT2D eigenvalue weighted by Gasteiger charge is 2.15. The Labute approximate surface area is 128 Å². The molecule has 0 radical (unpaired) electrons. The largest absolute Gasteiger partial charge is 0.545 e. The van der Waals surface area contributed by atoms with Gasteiger partial charge in [-0.2, -0.15) is 0 Å². The third-order valence-corrected chi connectivity index (χ3v) is 4.25. The van der Waals surface area contributed by atoms with Crippen LogP contribution in [0.4, 0.5) is 5.69 Å². The molecule has 0 amide bonds. The molecule has 0 heterocycles. The number of sulfonamides is 1. The molecule has 22 heavy (non-hydrogen) atoms. The first kappa shape index (κ1) is 16.0. The Bertz CT molecular complexity index is 786. The molecule has 0 aliphatic rings. The fourth-order valence-corrected chi connectivity index (χ4v) is 2.99. The summed E-state index contributed by atoms with van der Waals surface area (Å²) in [4.78, 5) is 10.7. The van der Waals surface area contributed by atoms with Crippen LogP contribution in [0.15, 0.2) is 53.4 Å². The minimum absolute atomic E-state index is 0.147. The molecule has 0 bridgehead atoms.